The average molecular weight is 330 g/mol. The number of aryl methyl sites for hydroxylation is 1. The second-order valence-corrected chi connectivity index (χ2v) is 5.05. The van der Waals surface area contributed by atoms with E-state index >= 15 is 0 Å². The summed E-state index contributed by atoms with van der Waals surface area (Å²) in [6, 6.07) is 5.18. The fourth-order valence-corrected chi connectivity index (χ4v) is 2.03. The van der Waals surface area contributed by atoms with Crippen LogP contribution < -0.4 is 10.6 Å². The maximum absolute atomic E-state index is 13.6. The van der Waals surface area contributed by atoms with E-state index in [2.05, 4.69) is 31.6 Å². The fraction of sp³-hybridized carbons (Fsp3) is 0.500. The maximum atomic E-state index is 13.6. The van der Waals surface area contributed by atoms with Crippen molar-refractivity contribution >= 4 is 21.9 Å². The van der Waals surface area contributed by atoms with Gasteiger partial charge in [-0.1, -0.05) is 22.0 Å². The van der Waals surface area contributed by atoms with Crippen molar-refractivity contribution in [1.29, 1.82) is 0 Å². The van der Waals surface area contributed by atoms with Gasteiger partial charge in [0.1, 0.15) is 5.82 Å². The van der Waals surface area contributed by atoms with Gasteiger partial charge >= 0.3 is 0 Å². The fourth-order valence-electron chi connectivity index (χ4n) is 1.69. The molecule has 5 heteroatoms. The van der Waals surface area contributed by atoms with Crippen molar-refractivity contribution in [2.75, 3.05) is 19.6 Å². The van der Waals surface area contributed by atoms with Crippen LogP contribution in [-0.4, -0.2) is 25.6 Å². The smallest absolute Gasteiger partial charge is 0.191 e. The van der Waals surface area contributed by atoms with Crippen LogP contribution in [0.5, 0.6) is 0 Å². The zero-order valence-electron chi connectivity index (χ0n) is 11.5. The Bertz CT molecular complexity index is 413. The molecule has 0 saturated heterocycles. The van der Waals surface area contributed by atoms with Gasteiger partial charge in [-0.15, -0.1) is 0 Å². The highest BCUT2D eigenvalue weighted by molar-refractivity contribution is 9.10. The number of nitrogens with one attached hydrogen (secondary N) is 2. The Balaban J connectivity index is 2.42. The van der Waals surface area contributed by atoms with Gasteiger partial charge in [-0.2, -0.15) is 0 Å². The predicted octanol–water partition coefficient (Wildman–Crippen LogP) is 3.10. The molecule has 3 nitrogen and oxygen atoms in total. The zero-order chi connectivity index (χ0) is 14.1. The van der Waals surface area contributed by atoms with Crippen LogP contribution in [0.1, 0.15) is 25.8 Å². The first-order chi connectivity index (χ1) is 9.17. The third kappa shape index (κ3) is 6.05. The van der Waals surface area contributed by atoms with E-state index in [9.17, 15) is 4.39 Å². The first-order valence-electron chi connectivity index (χ1n) is 6.63. The Morgan fingerprint density at radius 3 is 2.53 bits per heavy atom. The topological polar surface area (TPSA) is 36.4 Å². The van der Waals surface area contributed by atoms with Crippen LogP contribution in [-0.2, 0) is 6.42 Å². The van der Waals surface area contributed by atoms with E-state index in [0.29, 0.717) is 13.0 Å². The van der Waals surface area contributed by atoms with Gasteiger partial charge in [0.25, 0.3) is 0 Å². The molecule has 0 fully saturated rings. The van der Waals surface area contributed by atoms with E-state index in [1.165, 1.54) is 6.07 Å². The Morgan fingerprint density at radius 1 is 1.26 bits per heavy atom. The summed E-state index contributed by atoms with van der Waals surface area (Å²) in [6.45, 7) is 6.43. The highest BCUT2D eigenvalue weighted by atomic mass is 79.9. The normalized spacial score (nSPS) is 10.1. The molecule has 0 aromatic heterocycles. The van der Waals surface area contributed by atoms with Crippen LogP contribution >= 0.6 is 15.9 Å². The Labute approximate surface area is 122 Å². The van der Waals surface area contributed by atoms with Crippen molar-refractivity contribution in [2.45, 2.75) is 26.7 Å². The van der Waals surface area contributed by atoms with E-state index in [1.807, 2.05) is 26.0 Å². The molecule has 0 saturated carbocycles. The van der Waals surface area contributed by atoms with Gasteiger partial charge < -0.3 is 10.6 Å². The van der Waals surface area contributed by atoms with Crippen molar-refractivity contribution in [3.05, 3.63) is 34.1 Å². The molecular formula is C14H21BrFN3. The Kier molecular flexibility index (Phi) is 7.48. The SMILES string of the molecule is CCNC(=NCCCc1ccc(Br)cc1F)NCC. The van der Waals surface area contributed by atoms with Crippen LogP contribution in [0.3, 0.4) is 0 Å². The minimum Gasteiger partial charge on any atom is -0.357 e. The van der Waals surface area contributed by atoms with Gasteiger partial charge in [0.2, 0.25) is 0 Å². The number of guanidine groups is 1. The number of nitrogens with zero attached hydrogens (tertiary/aromatic N) is 1. The van der Waals surface area contributed by atoms with Gasteiger partial charge in [-0.25, -0.2) is 4.39 Å². The summed E-state index contributed by atoms with van der Waals surface area (Å²) >= 11 is 3.25. The van der Waals surface area contributed by atoms with Crippen LogP contribution in [0.4, 0.5) is 4.39 Å². The summed E-state index contributed by atoms with van der Waals surface area (Å²) in [5.74, 6) is 0.665. The number of hydrogen-bond acceptors (Lipinski definition) is 1. The molecule has 2 N–H and O–H groups in total. The van der Waals surface area contributed by atoms with Gasteiger partial charge in [0.15, 0.2) is 5.96 Å². The van der Waals surface area contributed by atoms with Gasteiger partial charge in [-0.05, 0) is 44.4 Å². The predicted molar refractivity (Wildman–Crippen MR) is 82.1 cm³/mol. The Morgan fingerprint density at radius 2 is 1.95 bits per heavy atom. The Hall–Kier alpha value is -1.10. The number of benzene rings is 1. The molecule has 1 rings (SSSR count). The molecule has 0 unspecified atom stereocenters. The summed E-state index contributed by atoms with van der Waals surface area (Å²) in [7, 11) is 0. The van der Waals surface area contributed by atoms with Crippen LogP contribution in [0, 0.1) is 5.82 Å². The first kappa shape index (κ1) is 16.0. The standard InChI is InChI=1S/C14H21BrFN3/c1-3-17-14(18-4-2)19-9-5-6-11-7-8-12(15)10-13(11)16/h7-8,10H,3-6,9H2,1-2H3,(H2,17,18,19). The molecule has 0 heterocycles. The second kappa shape index (κ2) is 8.91. The minimum atomic E-state index is -0.156. The molecular weight excluding hydrogens is 309 g/mol. The van der Waals surface area contributed by atoms with Crippen molar-refractivity contribution in [2.24, 2.45) is 4.99 Å². The summed E-state index contributed by atoms with van der Waals surface area (Å²) < 4.78 is 14.4. The van der Waals surface area contributed by atoms with Gasteiger partial charge in [-0.3, -0.25) is 4.99 Å². The summed E-state index contributed by atoms with van der Waals surface area (Å²) in [5.41, 5.74) is 0.742. The average Bonchev–Trinajstić information content (AvgIpc) is 2.37. The lowest BCUT2D eigenvalue weighted by Crippen LogP contribution is -2.37. The van der Waals surface area contributed by atoms with Crippen LogP contribution in [0.2, 0.25) is 0 Å². The monoisotopic (exact) mass is 329 g/mol. The van der Waals surface area contributed by atoms with Crippen molar-refractivity contribution in [3.63, 3.8) is 0 Å². The highest BCUT2D eigenvalue weighted by Gasteiger charge is 2.02. The first-order valence-corrected chi connectivity index (χ1v) is 7.42. The summed E-state index contributed by atoms with van der Waals surface area (Å²) in [4.78, 5) is 4.43. The molecule has 1 aromatic carbocycles. The molecule has 0 aliphatic carbocycles. The molecule has 0 spiro atoms. The number of hydrogen-bond donors (Lipinski definition) is 2. The lowest BCUT2D eigenvalue weighted by molar-refractivity contribution is 0.604. The zero-order valence-corrected chi connectivity index (χ0v) is 13.1. The minimum absolute atomic E-state index is 0.156. The molecule has 0 aliphatic rings. The second-order valence-electron chi connectivity index (χ2n) is 4.13. The lowest BCUT2D eigenvalue weighted by atomic mass is 10.1. The largest absolute Gasteiger partial charge is 0.357 e. The summed E-state index contributed by atoms with van der Waals surface area (Å²) in [5, 5.41) is 6.32. The van der Waals surface area contributed by atoms with Gasteiger partial charge in [0.05, 0.1) is 0 Å². The molecule has 106 valence electrons. The quantitative estimate of drug-likeness (QED) is 0.478. The molecule has 0 radical (unpaired) electrons. The maximum Gasteiger partial charge on any atom is 0.191 e. The van der Waals surface area contributed by atoms with E-state index < -0.39 is 0 Å². The highest BCUT2D eigenvalue weighted by Crippen LogP contribution is 2.16. The number of halogens is 2. The third-order valence-electron chi connectivity index (χ3n) is 2.58. The lowest BCUT2D eigenvalue weighted by Gasteiger charge is -2.09. The molecule has 1 aromatic rings. The van der Waals surface area contributed by atoms with Crippen LogP contribution in [0.15, 0.2) is 27.7 Å². The van der Waals surface area contributed by atoms with E-state index in [4.69, 9.17) is 0 Å². The molecule has 19 heavy (non-hydrogen) atoms. The van der Waals surface area contributed by atoms with Gasteiger partial charge in [0, 0.05) is 24.1 Å². The van der Waals surface area contributed by atoms with E-state index in [0.717, 1.165) is 35.5 Å². The number of rotatable bonds is 6. The molecule has 0 amide bonds. The van der Waals surface area contributed by atoms with Crippen molar-refractivity contribution < 1.29 is 4.39 Å². The molecule has 0 aliphatic heterocycles. The van der Waals surface area contributed by atoms with E-state index in [1.54, 1.807) is 0 Å². The number of aliphatic imine (C=N–C) groups is 1. The van der Waals surface area contributed by atoms with Crippen LogP contribution in [0.25, 0.3) is 0 Å². The molecule has 0 atom stereocenters. The van der Waals surface area contributed by atoms with Crippen molar-refractivity contribution in [1.82, 2.24) is 10.6 Å². The summed E-state index contributed by atoms with van der Waals surface area (Å²) in [6.07, 6.45) is 1.53. The molecule has 0 bridgehead atoms. The third-order valence-corrected chi connectivity index (χ3v) is 3.07. The van der Waals surface area contributed by atoms with Crippen molar-refractivity contribution in [3.8, 4) is 0 Å². The van der Waals surface area contributed by atoms with E-state index in [-0.39, 0.29) is 5.82 Å².